The molecule has 0 aliphatic heterocycles. The minimum Gasteiger partial charge on any atom is -0.324 e. The fourth-order valence-electron chi connectivity index (χ4n) is 2.21. The fourth-order valence-corrected chi connectivity index (χ4v) is 2.21. The predicted octanol–water partition coefficient (Wildman–Crippen LogP) is 3.90. The van der Waals surface area contributed by atoms with Crippen LogP contribution in [0.2, 0.25) is 0 Å². The predicted molar refractivity (Wildman–Crippen MR) is 77.5 cm³/mol. The fraction of sp³-hybridized carbons (Fsp3) is 0.312. The second-order valence-electron chi connectivity index (χ2n) is 4.78. The van der Waals surface area contributed by atoms with Gasteiger partial charge in [-0.1, -0.05) is 37.3 Å². The molecule has 1 heterocycles. The van der Waals surface area contributed by atoms with E-state index in [9.17, 15) is 0 Å². The Hall–Kier alpha value is -1.67. The lowest BCUT2D eigenvalue weighted by Gasteiger charge is -2.16. The van der Waals surface area contributed by atoms with Crippen molar-refractivity contribution in [2.24, 2.45) is 5.73 Å². The summed E-state index contributed by atoms with van der Waals surface area (Å²) in [7, 11) is 0. The van der Waals surface area contributed by atoms with Gasteiger partial charge in [-0.05, 0) is 37.5 Å². The Bertz CT molecular complexity index is 572. The number of aromatic nitrogens is 1. The van der Waals surface area contributed by atoms with Gasteiger partial charge in [0.15, 0.2) is 0 Å². The molecule has 2 aromatic rings. The minimum atomic E-state index is 0.00375. The lowest BCUT2D eigenvalue weighted by Crippen LogP contribution is -2.12. The van der Waals surface area contributed by atoms with E-state index >= 15 is 0 Å². The molecule has 1 atom stereocenters. The van der Waals surface area contributed by atoms with Gasteiger partial charge in [-0.25, -0.2) is 0 Å². The van der Waals surface area contributed by atoms with Crippen LogP contribution in [0.25, 0.3) is 10.9 Å². The first kappa shape index (κ1) is 12.8. The molecule has 0 aliphatic carbocycles. The number of aryl methyl sites for hydroxylation is 1. The Labute approximate surface area is 109 Å². The van der Waals surface area contributed by atoms with Crippen LogP contribution in [0.15, 0.2) is 42.5 Å². The molecule has 0 amide bonds. The molecular weight excluding hydrogens is 220 g/mol. The van der Waals surface area contributed by atoms with Crippen LogP contribution in [0.1, 0.15) is 37.1 Å². The van der Waals surface area contributed by atoms with E-state index in [0.29, 0.717) is 0 Å². The molecule has 0 saturated heterocycles. The number of rotatable bonds is 4. The van der Waals surface area contributed by atoms with E-state index in [1.165, 1.54) is 11.1 Å². The lowest BCUT2D eigenvalue weighted by molar-refractivity contribution is 0.705. The van der Waals surface area contributed by atoms with Gasteiger partial charge in [-0.3, -0.25) is 4.98 Å². The normalized spacial score (nSPS) is 12.6. The third-order valence-electron chi connectivity index (χ3n) is 3.28. The zero-order valence-corrected chi connectivity index (χ0v) is 11.1. The second kappa shape index (κ2) is 5.32. The van der Waals surface area contributed by atoms with Crippen LogP contribution in [-0.4, -0.2) is 4.98 Å². The van der Waals surface area contributed by atoms with Crippen LogP contribution in [-0.2, 0) is 0 Å². The van der Waals surface area contributed by atoms with Gasteiger partial charge in [0.2, 0.25) is 0 Å². The van der Waals surface area contributed by atoms with Crippen LogP contribution in [0, 0.1) is 6.92 Å². The van der Waals surface area contributed by atoms with Crippen molar-refractivity contribution in [3.63, 3.8) is 0 Å². The Morgan fingerprint density at radius 1 is 1.39 bits per heavy atom. The van der Waals surface area contributed by atoms with E-state index in [1.807, 2.05) is 25.1 Å². The Kier molecular flexibility index (Phi) is 3.78. The molecule has 2 N–H and O–H groups in total. The maximum Gasteiger partial charge on any atom is 0.0708 e. The van der Waals surface area contributed by atoms with E-state index in [0.717, 1.165) is 29.4 Å². The van der Waals surface area contributed by atoms with Crippen molar-refractivity contribution >= 4 is 10.9 Å². The first-order chi connectivity index (χ1) is 8.61. The maximum atomic E-state index is 6.32. The molecular formula is C16H20N2. The average Bonchev–Trinajstić information content (AvgIpc) is 2.37. The second-order valence-corrected chi connectivity index (χ2v) is 4.78. The van der Waals surface area contributed by atoms with E-state index in [-0.39, 0.29) is 6.04 Å². The third-order valence-corrected chi connectivity index (χ3v) is 3.28. The summed E-state index contributed by atoms with van der Waals surface area (Å²) < 4.78 is 0. The van der Waals surface area contributed by atoms with Gasteiger partial charge >= 0.3 is 0 Å². The highest BCUT2D eigenvalue weighted by Gasteiger charge is 2.12. The number of nitrogens with zero attached hydrogens (tertiary/aromatic N) is 1. The molecule has 18 heavy (non-hydrogen) atoms. The molecule has 0 aliphatic rings. The van der Waals surface area contributed by atoms with E-state index in [2.05, 4.69) is 30.6 Å². The highest BCUT2D eigenvalue weighted by Crippen LogP contribution is 2.26. The summed E-state index contributed by atoms with van der Waals surface area (Å²) >= 11 is 0. The molecule has 0 saturated carbocycles. The van der Waals surface area contributed by atoms with Crippen LogP contribution < -0.4 is 5.73 Å². The quantitative estimate of drug-likeness (QED) is 0.823. The number of nitrogens with two attached hydrogens (primary N) is 1. The molecule has 0 radical (unpaired) electrons. The van der Waals surface area contributed by atoms with E-state index < -0.39 is 0 Å². The standard InChI is InChI=1S/C16H20N2/c1-4-11(2)9-15(17)14-10-12(3)18-16-8-6-5-7-13(14)16/h5-8,10,15H,2,4,9,17H2,1,3H3. The number of hydrogen-bond acceptors (Lipinski definition) is 2. The average molecular weight is 240 g/mol. The smallest absolute Gasteiger partial charge is 0.0708 e. The maximum absolute atomic E-state index is 6.32. The van der Waals surface area contributed by atoms with Crippen molar-refractivity contribution in [3.05, 3.63) is 53.7 Å². The summed E-state index contributed by atoms with van der Waals surface area (Å²) in [5.74, 6) is 0. The summed E-state index contributed by atoms with van der Waals surface area (Å²) in [6, 6.07) is 10.3. The van der Waals surface area contributed by atoms with Crippen LogP contribution in [0.5, 0.6) is 0 Å². The Balaban J connectivity index is 2.46. The molecule has 0 bridgehead atoms. The molecule has 2 nitrogen and oxygen atoms in total. The zero-order chi connectivity index (χ0) is 13.1. The van der Waals surface area contributed by atoms with Crippen molar-refractivity contribution in [2.45, 2.75) is 32.7 Å². The Morgan fingerprint density at radius 2 is 2.11 bits per heavy atom. The molecule has 0 spiro atoms. The molecule has 2 heteroatoms. The number of pyridine rings is 1. The monoisotopic (exact) mass is 240 g/mol. The summed E-state index contributed by atoms with van der Waals surface area (Å²) in [5, 5.41) is 1.15. The summed E-state index contributed by atoms with van der Waals surface area (Å²) in [5.41, 5.74) is 10.7. The number of hydrogen-bond donors (Lipinski definition) is 1. The summed E-state index contributed by atoms with van der Waals surface area (Å²) in [6.07, 6.45) is 1.82. The van der Waals surface area contributed by atoms with Crippen LogP contribution >= 0.6 is 0 Å². The highest BCUT2D eigenvalue weighted by atomic mass is 14.7. The van der Waals surface area contributed by atoms with Gasteiger partial charge < -0.3 is 5.73 Å². The zero-order valence-electron chi connectivity index (χ0n) is 11.1. The van der Waals surface area contributed by atoms with Gasteiger partial charge in [0.05, 0.1) is 5.52 Å². The summed E-state index contributed by atoms with van der Waals surface area (Å²) in [6.45, 7) is 8.17. The summed E-state index contributed by atoms with van der Waals surface area (Å²) in [4.78, 5) is 4.54. The van der Waals surface area contributed by atoms with Gasteiger partial charge in [-0.2, -0.15) is 0 Å². The van der Waals surface area contributed by atoms with Gasteiger partial charge in [0, 0.05) is 17.1 Å². The van der Waals surface area contributed by atoms with Gasteiger partial charge in [0.1, 0.15) is 0 Å². The van der Waals surface area contributed by atoms with Crippen molar-refractivity contribution in [1.29, 1.82) is 0 Å². The van der Waals surface area contributed by atoms with Gasteiger partial charge in [-0.15, -0.1) is 0 Å². The third kappa shape index (κ3) is 2.59. The van der Waals surface area contributed by atoms with E-state index in [1.54, 1.807) is 0 Å². The van der Waals surface area contributed by atoms with Crippen LogP contribution in [0.3, 0.4) is 0 Å². The topological polar surface area (TPSA) is 38.9 Å². The molecule has 0 fully saturated rings. The molecule has 1 unspecified atom stereocenters. The van der Waals surface area contributed by atoms with Crippen molar-refractivity contribution in [3.8, 4) is 0 Å². The number of fused-ring (bicyclic) bond motifs is 1. The largest absolute Gasteiger partial charge is 0.324 e. The molecule has 94 valence electrons. The first-order valence-electron chi connectivity index (χ1n) is 6.40. The molecule has 2 rings (SSSR count). The number of benzene rings is 1. The van der Waals surface area contributed by atoms with Crippen molar-refractivity contribution in [1.82, 2.24) is 4.98 Å². The van der Waals surface area contributed by atoms with Gasteiger partial charge in [0.25, 0.3) is 0 Å². The SMILES string of the molecule is C=C(CC)CC(N)c1cc(C)nc2ccccc12. The Morgan fingerprint density at radius 3 is 2.83 bits per heavy atom. The van der Waals surface area contributed by atoms with E-state index in [4.69, 9.17) is 5.73 Å². The van der Waals surface area contributed by atoms with Crippen molar-refractivity contribution in [2.75, 3.05) is 0 Å². The highest BCUT2D eigenvalue weighted by molar-refractivity contribution is 5.82. The minimum absolute atomic E-state index is 0.00375. The van der Waals surface area contributed by atoms with Crippen LogP contribution in [0.4, 0.5) is 0 Å². The first-order valence-corrected chi connectivity index (χ1v) is 6.40. The van der Waals surface area contributed by atoms with Crippen molar-refractivity contribution < 1.29 is 0 Å². The molecule has 1 aromatic heterocycles. The molecule has 1 aromatic carbocycles. The lowest BCUT2D eigenvalue weighted by atomic mass is 9.96. The number of para-hydroxylation sites is 1.